The Labute approximate surface area is 143 Å². The van der Waals surface area contributed by atoms with Gasteiger partial charge in [0, 0.05) is 16.7 Å². The average molecular weight is 333 g/mol. The molecule has 0 aromatic carbocycles. The Morgan fingerprint density at radius 2 is 0.875 bits per heavy atom. The van der Waals surface area contributed by atoms with Crippen molar-refractivity contribution in [2.24, 2.45) is 0 Å². The van der Waals surface area contributed by atoms with E-state index in [1.165, 1.54) is 0 Å². The first-order valence-electron chi connectivity index (χ1n) is 8.41. The van der Waals surface area contributed by atoms with Crippen LogP contribution in [0, 0.1) is 0 Å². The van der Waals surface area contributed by atoms with Gasteiger partial charge in [0.25, 0.3) is 0 Å². The van der Waals surface area contributed by atoms with Crippen LogP contribution in [0.1, 0.15) is 76.8 Å². The summed E-state index contributed by atoms with van der Waals surface area (Å²) in [6.07, 6.45) is 7.39. The van der Waals surface area contributed by atoms with Crippen LogP contribution >= 0.6 is 0 Å². The highest BCUT2D eigenvalue weighted by atomic mass is 16.2. The minimum atomic E-state index is 0.366. The number of allylic oxidation sites excluding steroid dienone is 3. The van der Waals surface area contributed by atoms with Crippen molar-refractivity contribution in [3.05, 3.63) is 36.3 Å². The number of aromatic nitrogens is 3. The number of nitrogens with zero attached hydrogens (tertiary/aromatic N) is 3. The van der Waals surface area contributed by atoms with E-state index in [-0.39, 0.29) is 0 Å². The van der Waals surface area contributed by atoms with Crippen LogP contribution in [0.5, 0.6) is 0 Å². The molecule has 132 valence electrons. The predicted octanol–water partition coefficient (Wildman–Crippen LogP) is 4.97. The van der Waals surface area contributed by atoms with E-state index in [9.17, 15) is 15.3 Å². The number of aliphatic hydroxyl groups is 3. The van der Waals surface area contributed by atoms with Crippen LogP contribution in [0.2, 0.25) is 0 Å². The lowest BCUT2D eigenvalue weighted by atomic mass is 10.1. The molecule has 24 heavy (non-hydrogen) atoms. The van der Waals surface area contributed by atoms with Crippen molar-refractivity contribution >= 4 is 16.7 Å². The van der Waals surface area contributed by atoms with E-state index in [0.717, 1.165) is 38.0 Å². The Morgan fingerprint density at radius 1 is 0.625 bits per heavy atom. The molecule has 0 saturated carbocycles. The van der Waals surface area contributed by atoms with Gasteiger partial charge < -0.3 is 15.3 Å². The van der Waals surface area contributed by atoms with Gasteiger partial charge in [0.15, 0.2) is 17.5 Å². The molecule has 6 nitrogen and oxygen atoms in total. The molecule has 0 bridgehead atoms. The third-order valence-electron chi connectivity index (χ3n) is 3.52. The first kappa shape index (κ1) is 19.7. The summed E-state index contributed by atoms with van der Waals surface area (Å²) in [5, 5.41) is 28.5. The smallest absolute Gasteiger partial charge is 0.163 e. The van der Waals surface area contributed by atoms with Crippen LogP contribution in [0.3, 0.4) is 0 Å². The highest BCUT2D eigenvalue weighted by Gasteiger charge is 2.16. The van der Waals surface area contributed by atoms with Gasteiger partial charge in [-0.15, -0.1) is 0 Å². The summed E-state index contributed by atoms with van der Waals surface area (Å²) in [6, 6.07) is 0. The van der Waals surface area contributed by atoms with E-state index in [1.807, 2.05) is 20.8 Å². The average Bonchev–Trinajstić information content (AvgIpc) is 2.61. The summed E-state index contributed by atoms with van der Waals surface area (Å²) in [4.78, 5) is 13.2. The molecule has 0 atom stereocenters. The molecule has 0 amide bonds. The molecule has 3 N–H and O–H groups in total. The van der Waals surface area contributed by atoms with Gasteiger partial charge in [-0.2, -0.15) is 0 Å². The topological polar surface area (TPSA) is 99.4 Å². The molecule has 1 aromatic heterocycles. The van der Waals surface area contributed by atoms with Gasteiger partial charge in [-0.3, -0.25) is 0 Å². The zero-order valence-corrected chi connectivity index (χ0v) is 14.7. The number of hydrogen-bond acceptors (Lipinski definition) is 6. The van der Waals surface area contributed by atoms with Crippen molar-refractivity contribution in [1.29, 1.82) is 0 Å². The third-order valence-corrected chi connectivity index (χ3v) is 3.52. The van der Waals surface area contributed by atoms with Gasteiger partial charge in [-0.05, 0) is 19.3 Å². The van der Waals surface area contributed by atoms with Gasteiger partial charge in [-0.25, -0.2) is 15.0 Å². The van der Waals surface area contributed by atoms with E-state index < -0.39 is 0 Å². The molecule has 0 saturated heterocycles. The molecule has 0 aliphatic heterocycles. The standard InChI is InChI=1S/C18H27N3O3/c1-4-7-13(10-22)16-19-17(14(11-23)8-5-2)21-18(20-16)15(12-24)9-6-3/h10-12,22-24H,4-9H2,1-3H3/b13-10-,14-11-,15-12-. The lowest BCUT2D eigenvalue weighted by Gasteiger charge is -2.11. The maximum Gasteiger partial charge on any atom is 0.163 e. The molecule has 0 unspecified atom stereocenters. The van der Waals surface area contributed by atoms with Gasteiger partial charge >= 0.3 is 0 Å². The van der Waals surface area contributed by atoms with E-state index in [2.05, 4.69) is 15.0 Å². The molecular formula is C18H27N3O3. The van der Waals surface area contributed by atoms with Crippen molar-refractivity contribution in [2.75, 3.05) is 0 Å². The number of hydrogen-bond donors (Lipinski definition) is 3. The normalized spacial score (nSPS) is 13.4. The molecule has 1 rings (SSSR count). The molecule has 0 radical (unpaired) electrons. The van der Waals surface area contributed by atoms with Crippen LogP contribution < -0.4 is 0 Å². The van der Waals surface area contributed by atoms with Gasteiger partial charge in [-0.1, -0.05) is 40.0 Å². The second kappa shape index (κ2) is 10.4. The molecular weight excluding hydrogens is 306 g/mol. The largest absolute Gasteiger partial charge is 0.515 e. The molecule has 6 heteroatoms. The summed E-state index contributed by atoms with van der Waals surface area (Å²) in [5.74, 6) is 1.10. The number of rotatable bonds is 9. The SMILES string of the molecule is CCC/C(=C/O)c1nc(/C(=C\O)CCC)nc(/C(=C\O)CCC)n1. The summed E-state index contributed by atoms with van der Waals surface area (Å²) < 4.78 is 0. The Bertz CT molecular complexity index is 524. The monoisotopic (exact) mass is 333 g/mol. The fourth-order valence-corrected chi connectivity index (χ4v) is 2.32. The molecule has 1 heterocycles. The second-order valence-corrected chi connectivity index (χ2v) is 5.52. The van der Waals surface area contributed by atoms with E-state index >= 15 is 0 Å². The van der Waals surface area contributed by atoms with Crippen molar-refractivity contribution in [3.63, 3.8) is 0 Å². The molecule has 0 aliphatic rings. The summed E-state index contributed by atoms with van der Waals surface area (Å²) in [5.41, 5.74) is 1.81. The van der Waals surface area contributed by atoms with Gasteiger partial charge in [0.1, 0.15) is 0 Å². The lowest BCUT2D eigenvalue weighted by Crippen LogP contribution is -2.08. The van der Waals surface area contributed by atoms with E-state index in [0.29, 0.717) is 53.5 Å². The summed E-state index contributed by atoms with van der Waals surface area (Å²) in [6.45, 7) is 6.00. The highest BCUT2D eigenvalue weighted by molar-refractivity contribution is 5.66. The molecule has 0 fully saturated rings. The van der Waals surface area contributed by atoms with Crippen molar-refractivity contribution in [3.8, 4) is 0 Å². The van der Waals surface area contributed by atoms with Crippen LogP contribution in [0.4, 0.5) is 0 Å². The number of aliphatic hydroxyl groups excluding tert-OH is 3. The molecule has 0 aliphatic carbocycles. The summed E-state index contributed by atoms with van der Waals surface area (Å²) >= 11 is 0. The van der Waals surface area contributed by atoms with Gasteiger partial charge in [0.2, 0.25) is 0 Å². The second-order valence-electron chi connectivity index (χ2n) is 5.52. The highest BCUT2D eigenvalue weighted by Crippen LogP contribution is 2.24. The van der Waals surface area contributed by atoms with Crippen molar-refractivity contribution < 1.29 is 15.3 Å². The van der Waals surface area contributed by atoms with Crippen LogP contribution in [0.15, 0.2) is 18.8 Å². The van der Waals surface area contributed by atoms with Gasteiger partial charge in [0.05, 0.1) is 18.8 Å². The maximum absolute atomic E-state index is 9.50. The minimum Gasteiger partial charge on any atom is -0.515 e. The van der Waals surface area contributed by atoms with E-state index in [4.69, 9.17) is 0 Å². The van der Waals surface area contributed by atoms with Crippen LogP contribution in [-0.4, -0.2) is 30.3 Å². The minimum absolute atomic E-state index is 0.366. The van der Waals surface area contributed by atoms with Crippen LogP contribution in [0.25, 0.3) is 16.7 Å². The lowest BCUT2D eigenvalue weighted by molar-refractivity contribution is 0.472. The fraction of sp³-hybridized carbons (Fsp3) is 0.500. The zero-order chi connectivity index (χ0) is 17.9. The first-order valence-corrected chi connectivity index (χ1v) is 8.41. The Hall–Kier alpha value is -2.37. The van der Waals surface area contributed by atoms with Crippen LogP contribution in [-0.2, 0) is 0 Å². The van der Waals surface area contributed by atoms with E-state index in [1.54, 1.807) is 0 Å². The predicted molar refractivity (Wildman–Crippen MR) is 96.4 cm³/mol. The fourth-order valence-electron chi connectivity index (χ4n) is 2.32. The maximum atomic E-state index is 9.50. The Morgan fingerprint density at radius 3 is 1.04 bits per heavy atom. The Balaban J connectivity index is 3.49. The quantitative estimate of drug-likeness (QED) is 0.552. The Kier molecular flexibility index (Phi) is 8.54. The van der Waals surface area contributed by atoms with Crippen molar-refractivity contribution in [2.45, 2.75) is 59.3 Å². The summed E-state index contributed by atoms with van der Waals surface area (Å²) in [7, 11) is 0. The first-order chi connectivity index (χ1) is 11.6. The molecule has 0 spiro atoms. The third kappa shape index (κ3) is 5.08. The van der Waals surface area contributed by atoms with Crippen molar-refractivity contribution in [1.82, 2.24) is 15.0 Å². The zero-order valence-electron chi connectivity index (χ0n) is 14.7. The molecule has 1 aromatic rings.